The fourth-order valence-corrected chi connectivity index (χ4v) is 2.01. The molecule has 0 aliphatic rings. The summed E-state index contributed by atoms with van der Waals surface area (Å²) in [6.07, 6.45) is 0. The Morgan fingerprint density at radius 1 is 1.11 bits per heavy atom. The molecule has 2 nitrogen and oxygen atoms in total. The highest BCUT2D eigenvalue weighted by atomic mass is 35.5. The minimum absolute atomic E-state index is 0.0947. The normalized spacial score (nSPS) is 10.1. The molecule has 2 aromatic carbocycles. The minimum Gasteiger partial charge on any atom is -0.453 e. The summed E-state index contributed by atoms with van der Waals surface area (Å²) in [4.78, 5) is 0.104. The molecule has 2 aromatic rings. The van der Waals surface area contributed by atoms with Crippen molar-refractivity contribution in [3.63, 3.8) is 0 Å². The molecule has 0 aromatic heterocycles. The third-order valence-electron chi connectivity index (χ3n) is 2.28. The average molecular weight is 282 g/mol. The molecule has 18 heavy (non-hydrogen) atoms. The first-order valence-corrected chi connectivity index (χ1v) is 5.89. The molecule has 0 bridgehead atoms. The van der Waals surface area contributed by atoms with Gasteiger partial charge in [-0.3, -0.25) is 0 Å². The number of halogens is 2. The summed E-state index contributed by atoms with van der Waals surface area (Å²) in [5.74, 6) is -0.0382. The van der Waals surface area contributed by atoms with Crippen LogP contribution in [-0.4, -0.2) is 4.99 Å². The van der Waals surface area contributed by atoms with E-state index >= 15 is 0 Å². The van der Waals surface area contributed by atoms with Crippen molar-refractivity contribution in [3.05, 3.63) is 58.9 Å². The zero-order chi connectivity index (χ0) is 13.1. The monoisotopic (exact) mass is 281 g/mol. The van der Waals surface area contributed by atoms with Crippen LogP contribution in [0.25, 0.3) is 0 Å². The smallest absolute Gasteiger partial charge is 0.165 e. The van der Waals surface area contributed by atoms with Crippen LogP contribution in [0.2, 0.25) is 5.02 Å². The first kappa shape index (κ1) is 12.8. The summed E-state index contributed by atoms with van der Waals surface area (Å²) in [6, 6.07) is 11.0. The highest BCUT2D eigenvalue weighted by Crippen LogP contribution is 2.31. The number of rotatable bonds is 3. The molecule has 92 valence electrons. The van der Waals surface area contributed by atoms with Crippen LogP contribution in [0, 0.1) is 5.82 Å². The molecular weight excluding hydrogens is 273 g/mol. The second kappa shape index (κ2) is 5.33. The average Bonchev–Trinajstić information content (AvgIpc) is 2.31. The van der Waals surface area contributed by atoms with E-state index in [2.05, 4.69) is 0 Å². The summed E-state index contributed by atoms with van der Waals surface area (Å²) < 4.78 is 18.9. The molecule has 2 N–H and O–H groups in total. The molecule has 5 heteroatoms. The van der Waals surface area contributed by atoms with Crippen molar-refractivity contribution in [2.45, 2.75) is 0 Å². The van der Waals surface area contributed by atoms with Crippen LogP contribution in [0.4, 0.5) is 4.39 Å². The highest BCUT2D eigenvalue weighted by Gasteiger charge is 2.13. The van der Waals surface area contributed by atoms with Crippen LogP contribution in [0.1, 0.15) is 5.56 Å². The quantitative estimate of drug-likeness (QED) is 0.867. The van der Waals surface area contributed by atoms with Crippen molar-refractivity contribution < 1.29 is 9.13 Å². The zero-order valence-electron chi connectivity index (χ0n) is 9.19. The van der Waals surface area contributed by atoms with Crippen molar-refractivity contribution in [2.75, 3.05) is 0 Å². The third-order valence-corrected chi connectivity index (χ3v) is 2.80. The van der Waals surface area contributed by atoms with Crippen molar-refractivity contribution in [3.8, 4) is 11.5 Å². The molecule has 0 radical (unpaired) electrons. The number of thiocarbonyl (C=S) groups is 1. The Morgan fingerprint density at radius 3 is 2.44 bits per heavy atom. The van der Waals surface area contributed by atoms with Gasteiger partial charge in [0.2, 0.25) is 0 Å². The molecule has 0 amide bonds. The van der Waals surface area contributed by atoms with Gasteiger partial charge in [0.1, 0.15) is 10.7 Å². The number of nitrogens with two attached hydrogens (primary N) is 1. The van der Waals surface area contributed by atoms with E-state index < -0.39 is 5.82 Å². The largest absolute Gasteiger partial charge is 0.453 e. The summed E-state index contributed by atoms with van der Waals surface area (Å²) in [5.41, 5.74) is 5.98. The van der Waals surface area contributed by atoms with Gasteiger partial charge in [-0.1, -0.05) is 42.0 Å². The molecule has 0 aliphatic carbocycles. The molecule has 0 fully saturated rings. The summed E-state index contributed by atoms with van der Waals surface area (Å²) >= 11 is 10.9. The number of hydrogen-bond donors (Lipinski definition) is 1. The van der Waals surface area contributed by atoms with Crippen LogP contribution in [0.3, 0.4) is 0 Å². The lowest BCUT2D eigenvalue weighted by molar-refractivity contribution is 0.441. The van der Waals surface area contributed by atoms with Gasteiger partial charge >= 0.3 is 0 Å². The van der Waals surface area contributed by atoms with Crippen LogP contribution < -0.4 is 10.5 Å². The van der Waals surface area contributed by atoms with Gasteiger partial charge in [0, 0.05) is 0 Å². The molecule has 0 heterocycles. The second-order valence-electron chi connectivity index (χ2n) is 3.51. The van der Waals surface area contributed by atoms with E-state index in [1.165, 1.54) is 12.1 Å². The van der Waals surface area contributed by atoms with E-state index in [9.17, 15) is 4.39 Å². The van der Waals surface area contributed by atoms with Gasteiger partial charge in [-0.2, -0.15) is 0 Å². The SMILES string of the molecule is NC(=S)c1c(Cl)cccc1Oc1ccccc1F. The van der Waals surface area contributed by atoms with Gasteiger partial charge in [-0.15, -0.1) is 0 Å². The van der Waals surface area contributed by atoms with Gasteiger partial charge in [-0.05, 0) is 24.3 Å². The maximum absolute atomic E-state index is 13.5. The Balaban J connectivity index is 2.44. The molecule has 0 saturated carbocycles. The van der Waals surface area contributed by atoms with Crippen molar-refractivity contribution in [1.82, 2.24) is 0 Å². The summed E-state index contributed by atoms with van der Waals surface area (Å²) in [5, 5.41) is 0.372. The van der Waals surface area contributed by atoms with Crippen LogP contribution in [0.5, 0.6) is 11.5 Å². The lowest BCUT2D eigenvalue weighted by Crippen LogP contribution is -2.11. The highest BCUT2D eigenvalue weighted by molar-refractivity contribution is 7.80. The van der Waals surface area contributed by atoms with E-state index in [-0.39, 0.29) is 10.7 Å². The van der Waals surface area contributed by atoms with E-state index in [1.807, 2.05) is 0 Å². The van der Waals surface area contributed by atoms with Crippen molar-refractivity contribution in [2.24, 2.45) is 5.73 Å². The van der Waals surface area contributed by atoms with Crippen LogP contribution in [-0.2, 0) is 0 Å². The second-order valence-corrected chi connectivity index (χ2v) is 4.36. The number of ether oxygens (including phenoxy) is 1. The third kappa shape index (κ3) is 2.60. The van der Waals surface area contributed by atoms with E-state index in [0.29, 0.717) is 16.3 Å². The zero-order valence-corrected chi connectivity index (χ0v) is 10.8. The van der Waals surface area contributed by atoms with Gasteiger partial charge in [0.25, 0.3) is 0 Å². The standard InChI is InChI=1S/C13H9ClFNOS/c14-8-4-3-7-11(12(8)13(16)18)17-10-6-2-1-5-9(10)15/h1-7H,(H2,16,18). The number of benzene rings is 2. The fraction of sp³-hybridized carbons (Fsp3) is 0. The minimum atomic E-state index is -0.466. The predicted octanol–water partition coefficient (Wildman–Crippen LogP) is 3.91. The topological polar surface area (TPSA) is 35.2 Å². The molecule has 0 atom stereocenters. The molecule has 0 aliphatic heterocycles. The Morgan fingerprint density at radius 2 is 1.78 bits per heavy atom. The van der Waals surface area contributed by atoms with E-state index in [4.69, 9.17) is 34.3 Å². The first-order chi connectivity index (χ1) is 8.59. The van der Waals surface area contributed by atoms with E-state index in [0.717, 1.165) is 0 Å². The molecule has 0 unspecified atom stereocenters. The van der Waals surface area contributed by atoms with Gasteiger partial charge in [0.15, 0.2) is 11.6 Å². The Labute approximate surface area is 114 Å². The van der Waals surface area contributed by atoms with Gasteiger partial charge in [-0.25, -0.2) is 4.39 Å². The molecule has 0 spiro atoms. The fourth-order valence-electron chi connectivity index (χ4n) is 1.47. The maximum atomic E-state index is 13.5. The number of hydrogen-bond acceptors (Lipinski definition) is 2. The summed E-state index contributed by atoms with van der Waals surface area (Å²) in [6.45, 7) is 0. The molecule has 0 saturated heterocycles. The molecular formula is C13H9ClFNOS. The Kier molecular flexibility index (Phi) is 3.79. The maximum Gasteiger partial charge on any atom is 0.165 e. The van der Waals surface area contributed by atoms with Gasteiger partial charge < -0.3 is 10.5 Å². The van der Waals surface area contributed by atoms with Crippen LogP contribution in [0.15, 0.2) is 42.5 Å². The molecule has 2 rings (SSSR count). The lowest BCUT2D eigenvalue weighted by Gasteiger charge is -2.11. The van der Waals surface area contributed by atoms with Crippen molar-refractivity contribution >= 4 is 28.8 Å². The van der Waals surface area contributed by atoms with E-state index in [1.54, 1.807) is 30.3 Å². The number of para-hydroxylation sites is 1. The van der Waals surface area contributed by atoms with Crippen molar-refractivity contribution in [1.29, 1.82) is 0 Å². The first-order valence-electron chi connectivity index (χ1n) is 5.10. The lowest BCUT2D eigenvalue weighted by atomic mass is 10.2. The van der Waals surface area contributed by atoms with Crippen LogP contribution >= 0.6 is 23.8 Å². The predicted molar refractivity (Wildman–Crippen MR) is 73.8 cm³/mol. The Bertz CT molecular complexity index is 603. The van der Waals surface area contributed by atoms with Gasteiger partial charge in [0.05, 0.1) is 10.6 Å². The summed E-state index contributed by atoms with van der Waals surface area (Å²) in [7, 11) is 0. The Hall–Kier alpha value is -1.65.